The Bertz CT molecular complexity index is 380. The van der Waals surface area contributed by atoms with Crippen molar-refractivity contribution in [3.05, 3.63) is 18.0 Å². The van der Waals surface area contributed by atoms with Crippen LogP contribution in [0.5, 0.6) is 0 Å². The summed E-state index contributed by atoms with van der Waals surface area (Å²) in [7, 11) is 1.66. The number of Topliss-reactive ketones (excluding diaryl/α,β-unsaturated/α-hetero) is 1. The Morgan fingerprint density at radius 3 is 2.78 bits per heavy atom. The van der Waals surface area contributed by atoms with Crippen molar-refractivity contribution in [1.82, 2.24) is 9.78 Å². The number of hydrogen-bond donors (Lipinski definition) is 0. The van der Waals surface area contributed by atoms with Crippen molar-refractivity contribution >= 4 is 5.78 Å². The molecule has 0 N–H and O–H groups in total. The predicted molar refractivity (Wildman–Crippen MR) is 68.8 cm³/mol. The molecule has 1 aromatic rings. The lowest BCUT2D eigenvalue weighted by Gasteiger charge is -2.18. The van der Waals surface area contributed by atoms with Gasteiger partial charge in [-0.15, -0.1) is 0 Å². The quantitative estimate of drug-likeness (QED) is 0.551. The van der Waals surface area contributed by atoms with Crippen molar-refractivity contribution < 1.29 is 14.3 Å². The molecule has 0 aliphatic carbocycles. The van der Waals surface area contributed by atoms with Gasteiger partial charge in [0.15, 0.2) is 0 Å². The molecular formula is C13H22N2O3. The lowest BCUT2D eigenvalue weighted by Crippen LogP contribution is -2.25. The summed E-state index contributed by atoms with van der Waals surface area (Å²) in [5.41, 5.74) is 0.284. The summed E-state index contributed by atoms with van der Waals surface area (Å²) < 4.78 is 12.2. The highest BCUT2D eigenvalue weighted by Gasteiger charge is 2.16. The van der Waals surface area contributed by atoms with Gasteiger partial charge in [-0.25, -0.2) is 0 Å². The van der Waals surface area contributed by atoms with Crippen molar-refractivity contribution in [1.29, 1.82) is 0 Å². The number of aromatic nitrogens is 2. The molecule has 0 aliphatic rings. The van der Waals surface area contributed by atoms with E-state index >= 15 is 0 Å². The zero-order valence-corrected chi connectivity index (χ0v) is 11.6. The third-order valence-electron chi connectivity index (χ3n) is 2.36. The summed E-state index contributed by atoms with van der Waals surface area (Å²) >= 11 is 0. The molecule has 5 nitrogen and oxygen atoms in total. The van der Waals surface area contributed by atoms with Crippen molar-refractivity contribution in [3.63, 3.8) is 0 Å². The molecule has 18 heavy (non-hydrogen) atoms. The monoisotopic (exact) mass is 254 g/mol. The van der Waals surface area contributed by atoms with Crippen molar-refractivity contribution in [3.8, 4) is 0 Å². The van der Waals surface area contributed by atoms with Crippen LogP contribution in [0.25, 0.3) is 0 Å². The number of rotatable bonds is 7. The first-order valence-corrected chi connectivity index (χ1v) is 6.12. The van der Waals surface area contributed by atoms with Crippen LogP contribution in [0.2, 0.25) is 0 Å². The number of aryl methyl sites for hydroxylation is 1. The fraction of sp³-hybridized carbons (Fsp3) is 0.692. The Morgan fingerprint density at radius 1 is 1.44 bits per heavy atom. The lowest BCUT2D eigenvalue weighted by molar-refractivity contribution is 0.00263. The van der Waals surface area contributed by atoms with Crippen molar-refractivity contribution in [2.45, 2.75) is 39.3 Å². The van der Waals surface area contributed by atoms with Crippen LogP contribution in [0.15, 0.2) is 12.3 Å². The molecule has 0 aliphatic heterocycles. The second kappa shape index (κ2) is 6.66. The van der Waals surface area contributed by atoms with Crippen LogP contribution >= 0.6 is 0 Å². The molecule has 0 fully saturated rings. The number of ether oxygens (including phenoxy) is 2. The maximum absolute atomic E-state index is 12.0. The standard InChI is InChI=1S/C13H22N2O3/c1-13(2,3)18-10-12(16)11-6-7-14-15(11)8-5-9-17-4/h6-7H,5,8-10H2,1-4H3. The summed E-state index contributed by atoms with van der Waals surface area (Å²) in [6.07, 6.45) is 2.47. The van der Waals surface area contributed by atoms with Crippen LogP contribution in [0, 0.1) is 0 Å². The maximum Gasteiger partial charge on any atom is 0.206 e. The fourth-order valence-electron chi connectivity index (χ4n) is 1.46. The van der Waals surface area contributed by atoms with Gasteiger partial charge in [0.1, 0.15) is 12.3 Å². The van der Waals surface area contributed by atoms with E-state index in [0.29, 0.717) is 18.8 Å². The highest BCUT2D eigenvalue weighted by Crippen LogP contribution is 2.09. The number of methoxy groups -OCH3 is 1. The van der Waals surface area contributed by atoms with E-state index in [1.165, 1.54) is 0 Å². The molecule has 0 aromatic carbocycles. The van der Waals surface area contributed by atoms with Crippen molar-refractivity contribution in [2.24, 2.45) is 0 Å². The van der Waals surface area contributed by atoms with E-state index in [1.807, 2.05) is 20.8 Å². The van der Waals surface area contributed by atoms with Crippen LogP contribution in [0.3, 0.4) is 0 Å². The average Bonchev–Trinajstić information content (AvgIpc) is 2.74. The van der Waals surface area contributed by atoms with Gasteiger partial charge in [0, 0.05) is 26.5 Å². The van der Waals surface area contributed by atoms with Gasteiger partial charge in [0.2, 0.25) is 5.78 Å². The highest BCUT2D eigenvalue weighted by molar-refractivity contribution is 5.95. The Morgan fingerprint density at radius 2 is 2.17 bits per heavy atom. The minimum Gasteiger partial charge on any atom is -0.385 e. The normalized spacial score (nSPS) is 11.8. The second-order valence-corrected chi connectivity index (χ2v) is 5.11. The molecule has 102 valence electrons. The smallest absolute Gasteiger partial charge is 0.206 e. The Labute approximate surface area is 108 Å². The van der Waals surface area contributed by atoms with Crippen LogP contribution < -0.4 is 0 Å². The topological polar surface area (TPSA) is 53.4 Å². The molecule has 0 radical (unpaired) electrons. The van der Waals surface area contributed by atoms with E-state index in [0.717, 1.165) is 6.42 Å². The average molecular weight is 254 g/mol. The first kappa shape index (κ1) is 14.9. The predicted octanol–water partition coefficient (Wildman–Crippen LogP) is 1.92. The first-order valence-electron chi connectivity index (χ1n) is 6.12. The number of carbonyl (C=O) groups is 1. The third-order valence-corrected chi connectivity index (χ3v) is 2.36. The van der Waals surface area contributed by atoms with Crippen molar-refractivity contribution in [2.75, 3.05) is 20.3 Å². The van der Waals surface area contributed by atoms with E-state index in [-0.39, 0.29) is 18.0 Å². The van der Waals surface area contributed by atoms with E-state index in [1.54, 1.807) is 24.1 Å². The summed E-state index contributed by atoms with van der Waals surface area (Å²) in [5, 5.41) is 4.14. The van der Waals surface area contributed by atoms with E-state index in [9.17, 15) is 4.79 Å². The SMILES string of the molecule is COCCCn1nccc1C(=O)COC(C)(C)C. The fourth-order valence-corrected chi connectivity index (χ4v) is 1.46. The van der Waals surface area contributed by atoms with Crippen LogP contribution in [-0.4, -0.2) is 41.5 Å². The molecule has 0 atom stereocenters. The molecule has 1 aromatic heterocycles. The van der Waals surface area contributed by atoms with Crippen LogP contribution in [-0.2, 0) is 16.0 Å². The van der Waals surface area contributed by atoms with Gasteiger partial charge in [0.25, 0.3) is 0 Å². The summed E-state index contributed by atoms with van der Waals surface area (Å²) in [4.78, 5) is 12.0. The van der Waals surface area contributed by atoms with Gasteiger partial charge in [-0.1, -0.05) is 0 Å². The molecule has 0 amide bonds. The second-order valence-electron chi connectivity index (χ2n) is 5.11. The molecule has 1 rings (SSSR count). The van der Waals surface area contributed by atoms with Crippen LogP contribution in [0.1, 0.15) is 37.7 Å². The number of nitrogens with zero attached hydrogens (tertiary/aromatic N) is 2. The molecule has 0 saturated carbocycles. The van der Waals surface area contributed by atoms with Crippen LogP contribution in [0.4, 0.5) is 0 Å². The molecule has 1 heterocycles. The zero-order chi connectivity index (χ0) is 13.6. The summed E-state index contributed by atoms with van der Waals surface area (Å²) in [6, 6.07) is 1.72. The number of ketones is 1. The van der Waals surface area contributed by atoms with Gasteiger partial charge in [-0.2, -0.15) is 5.10 Å². The van der Waals surface area contributed by atoms with Gasteiger partial charge < -0.3 is 9.47 Å². The molecule has 5 heteroatoms. The zero-order valence-electron chi connectivity index (χ0n) is 11.6. The van der Waals surface area contributed by atoms with E-state index in [4.69, 9.17) is 9.47 Å². The molecule has 0 unspecified atom stereocenters. The van der Waals surface area contributed by atoms with E-state index in [2.05, 4.69) is 5.10 Å². The third kappa shape index (κ3) is 4.98. The Hall–Kier alpha value is -1.20. The number of carbonyl (C=O) groups excluding carboxylic acids is 1. The van der Waals surface area contributed by atoms with Gasteiger partial charge in [0.05, 0.1) is 5.60 Å². The summed E-state index contributed by atoms with van der Waals surface area (Å²) in [5.74, 6) is -0.0418. The molecule has 0 spiro atoms. The molecule has 0 bridgehead atoms. The molecule has 0 saturated heterocycles. The van der Waals surface area contributed by atoms with Gasteiger partial charge in [-0.05, 0) is 33.3 Å². The maximum atomic E-state index is 12.0. The highest BCUT2D eigenvalue weighted by atomic mass is 16.5. The summed E-state index contributed by atoms with van der Waals surface area (Å²) in [6.45, 7) is 7.20. The Kier molecular flexibility index (Phi) is 5.50. The minimum absolute atomic E-state index is 0.0418. The number of hydrogen-bond acceptors (Lipinski definition) is 4. The van der Waals surface area contributed by atoms with Gasteiger partial charge in [-0.3, -0.25) is 9.48 Å². The van der Waals surface area contributed by atoms with Gasteiger partial charge >= 0.3 is 0 Å². The Balaban J connectivity index is 2.55. The first-order chi connectivity index (χ1) is 8.44. The lowest BCUT2D eigenvalue weighted by atomic mass is 10.2. The molecular weight excluding hydrogens is 232 g/mol. The van der Waals surface area contributed by atoms with E-state index < -0.39 is 0 Å². The largest absolute Gasteiger partial charge is 0.385 e. The minimum atomic E-state index is -0.309.